The summed E-state index contributed by atoms with van der Waals surface area (Å²) >= 11 is 0. The molecule has 2 heteroatoms. The Morgan fingerprint density at radius 1 is 1.06 bits per heavy atom. The Morgan fingerprint density at radius 3 is 2.50 bits per heavy atom. The zero-order valence-electron chi connectivity index (χ0n) is 21.7. The van der Waals surface area contributed by atoms with Gasteiger partial charge in [-0.2, -0.15) is 0 Å². The van der Waals surface area contributed by atoms with Crippen molar-refractivity contribution in [3.05, 3.63) is 34.9 Å². The van der Waals surface area contributed by atoms with Gasteiger partial charge in [-0.15, -0.1) is 0 Å². The quantitative estimate of drug-likeness (QED) is 0.320. The summed E-state index contributed by atoms with van der Waals surface area (Å²) < 4.78 is 5.63. The Hall–Kier alpha value is -1.31. The highest BCUT2D eigenvalue weighted by atomic mass is 16.5. The lowest BCUT2D eigenvalue weighted by Gasteiger charge is -2.54. The second-order valence-electron chi connectivity index (χ2n) is 12.3. The minimum atomic E-state index is -0.115. The lowest BCUT2D eigenvalue weighted by Crippen LogP contribution is -2.44. The molecular weight excluding hydrogens is 392 g/mol. The number of carbonyl (C=O) groups is 1. The van der Waals surface area contributed by atoms with E-state index in [1.54, 1.807) is 23.6 Å². The molecule has 32 heavy (non-hydrogen) atoms. The van der Waals surface area contributed by atoms with E-state index in [0.717, 1.165) is 18.8 Å². The molecule has 0 heterocycles. The molecule has 2 nitrogen and oxygen atoms in total. The molecule has 4 aliphatic rings. The predicted octanol–water partition coefficient (Wildman–Crippen LogP) is 8.05. The summed E-state index contributed by atoms with van der Waals surface area (Å²) in [5.74, 6) is 3.27. The van der Waals surface area contributed by atoms with Gasteiger partial charge in [0, 0.05) is 6.92 Å². The van der Waals surface area contributed by atoms with E-state index in [1.807, 2.05) is 0 Å². The maximum absolute atomic E-state index is 11.5. The summed E-state index contributed by atoms with van der Waals surface area (Å²) in [5, 5.41) is 0. The molecule has 0 aromatic heterocycles. The number of hydrogen-bond donors (Lipinski definition) is 0. The first-order chi connectivity index (χ1) is 15.1. The Labute approximate surface area is 197 Å². The van der Waals surface area contributed by atoms with Gasteiger partial charge in [-0.25, -0.2) is 0 Å². The monoisotopic (exact) mass is 438 g/mol. The topological polar surface area (TPSA) is 26.3 Å². The van der Waals surface area contributed by atoms with Crippen molar-refractivity contribution in [2.45, 2.75) is 106 Å². The second kappa shape index (κ2) is 8.80. The molecule has 0 N–H and O–H groups in total. The molecule has 4 aliphatic carbocycles. The molecule has 0 bridgehead atoms. The first-order valence-corrected chi connectivity index (χ1v) is 13.3. The van der Waals surface area contributed by atoms with Crippen molar-refractivity contribution >= 4 is 5.97 Å². The van der Waals surface area contributed by atoms with E-state index in [0.29, 0.717) is 34.5 Å². The number of rotatable bonds is 5. The normalized spacial score (nSPS) is 38.8. The first-order valence-electron chi connectivity index (χ1n) is 13.3. The van der Waals surface area contributed by atoms with Crippen LogP contribution in [0.2, 0.25) is 0 Å². The van der Waals surface area contributed by atoms with E-state index in [-0.39, 0.29) is 12.1 Å². The van der Waals surface area contributed by atoms with Gasteiger partial charge in [-0.1, -0.05) is 65.3 Å². The molecule has 0 aromatic carbocycles. The number of ether oxygens (including phenoxy) is 1. The van der Waals surface area contributed by atoms with E-state index >= 15 is 0 Å². The Bertz CT molecular complexity index is 830. The molecule has 4 rings (SSSR count). The summed E-state index contributed by atoms with van der Waals surface area (Å²) in [5.41, 5.74) is 5.86. The lowest BCUT2D eigenvalue weighted by molar-refractivity contribution is -0.150. The zero-order valence-corrected chi connectivity index (χ0v) is 21.7. The van der Waals surface area contributed by atoms with Crippen LogP contribution in [0, 0.1) is 40.4 Å². The maximum atomic E-state index is 11.5. The maximum Gasteiger partial charge on any atom is 0.302 e. The smallest absolute Gasteiger partial charge is 0.302 e. The zero-order chi connectivity index (χ0) is 23.3. The van der Waals surface area contributed by atoms with Crippen molar-refractivity contribution in [3.63, 3.8) is 0 Å². The van der Waals surface area contributed by atoms with Gasteiger partial charge in [0.15, 0.2) is 0 Å². The van der Waals surface area contributed by atoms with Crippen LogP contribution in [0.3, 0.4) is 0 Å². The van der Waals surface area contributed by atoms with E-state index in [4.69, 9.17) is 4.74 Å². The standard InChI is InChI=1S/C30H46O2/c1-19(2)20(3)8-9-21(4)26-12-13-27-25-11-10-23-18-24(32-22(5)31)14-16-29(23,6)28(25)15-17-30(26,27)7/h8-9,13,19-21,23-24,26H,10-12,14-18H2,1-7H3/b9-8-/t20-,21+,23+,24+,26+,29-,30-/m0/s1. The van der Waals surface area contributed by atoms with Crippen LogP contribution >= 0.6 is 0 Å². The highest BCUT2D eigenvalue weighted by Crippen LogP contribution is 2.64. The number of esters is 1. The van der Waals surface area contributed by atoms with Gasteiger partial charge in [0.2, 0.25) is 0 Å². The van der Waals surface area contributed by atoms with Crippen molar-refractivity contribution in [2.75, 3.05) is 0 Å². The summed E-state index contributed by atoms with van der Waals surface area (Å²) in [4.78, 5) is 11.5. The van der Waals surface area contributed by atoms with E-state index < -0.39 is 0 Å². The molecule has 0 aromatic rings. The Morgan fingerprint density at radius 2 is 1.81 bits per heavy atom. The highest BCUT2D eigenvalue weighted by molar-refractivity contribution is 5.66. The molecule has 178 valence electrons. The summed E-state index contributed by atoms with van der Waals surface area (Å²) in [6, 6.07) is 0. The van der Waals surface area contributed by atoms with E-state index in [2.05, 4.69) is 59.8 Å². The van der Waals surface area contributed by atoms with Crippen molar-refractivity contribution in [1.29, 1.82) is 0 Å². The minimum absolute atomic E-state index is 0.115. The third kappa shape index (κ3) is 4.05. The first kappa shape index (κ1) is 23.8. The van der Waals surface area contributed by atoms with Crippen LogP contribution < -0.4 is 0 Å². The van der Waals surface area contributed by atoms with Gasteiger partial charge in [-0.3, -0.25) is 4.79 Å². The Kier molecular flexibility index (Phi) is 6.56. The van der Waals surface area contributed by atoms with Crippen molar-refractivity contribution in [2.24, 2.45) is 40.4 Å². The summed E-state index contributed by atoms with van der Waals surface area (Å²) in [7, 11) is 0. The van der Waals surface area contributed by atoms with Gasteiger partial charge in [-0.05, 0) is 103 Å². The molecule has 7 atom stereocenters. The fourth-order valence-corrected chi connectivity index (χ4v) is 7.70. The van der Waals surface area contributed by atoms with Crippen LogP contribution in [0.15, 0.2) is 34.9 Å². The summed E-state index contributed by atoms with van der Waals surface area (Å²) in [6.45, 7) is 16.1. The lowest BCUT2D eigenvalue weighted by atomic mass is 9.51. The van der Waals surface area contributed by atoms with Gasteiger partial charge >= 0.3 is 5.97 Å². The third-order valence-electron chi connectivity index (χ3n) is 10.2. The van der Waals surface area contributed by atoms with Crippen LogP contribution in [0.1, 0.15) is 99.8 Å². The van der Waals surface area contributed by atoms with Gasteiger partial charge in [0.05, 0.1) is 0 Å². The fraction of sp³-hybridized carbons (Fsp3) is 0.767. The molecule has 1 saturated carbocycles. The Balaban J connectivity index is 1.54. The van der Waals surface area contributed by atoms with Crippen LogP contribution in [-0.4, -0.2) is 12.1 Å². The number of carbonyl (C=O) groups excluding carboxylic acids is 1. The van der Waals surface area contributed by atoms with Crippen LogP contribution in [0.4, 0.5) is 0 Å². The van der Waals surface area contributed by atoms with Gasteiger partial charge in [0.1, 0.15) is 6.10 Å². The second-order valence-corrected chi connectivity index (χ2v) is 12.3. The molecule has 0 radical (unpaired) electrons. The number of hydrogen-bond acceptors (Lipinski definition) is 2. The number of fused-ring (bicyclic) bond motifs is 4. The van der Waals surface area contributed by atoms with E-state index in [9.17, 15) is 4.79 Å². The largest absolute Gasteiger partial charge is 0.463 e. The van der Waals surface area contributed by atoms with E-state index in [1.165, 1.54) is 38.5 Å². The highest BCUT2D eigenvalue weighted by Gasteiger charge is 2.53. The SMILES string of the molecule is CC(=O)O[C@@H]1CC[C@]2(C)C3=C(CC[C@@H]2C1)C1=CC[C@H]([C@H](C)/C=C\[C@H](C)C(C)C)[C@]1(C)CC3. The molecule has 0 aliphatic heterocycles. The predicted molar refractivity (Wildman–Crippen MR) is 133 cm³/mol. The fourth-order valence-electron chi connectivity index (χ4n) is 7.70. The van der Waals surface area contributed by atoms with Crippen molar-refractivity contribution in [3.8, 4) is 0 Å². The average molecular weight is 439 g/mol. The minimum Gasteiger partial charge on any atom is -0.463 e. The van der Waals surface area contributed by atoms with Crippen molar-refractivity contribution in [1.82, 2.24) is 0 Å². The van der Waals surface area contributed by atoms with Gasteiger partial charge < -0.3 is 4.74 Å². The summed E-state index contributed by atoms with van der Waals surface area (Å²) in [6.07, 6.45) is 17.3. The molecular formula is C30H46O2. The van der Waals surface area contributed by atoms with Crippen LogP contribution in [-0.2, 0) is 9.53 Å². The van der Waals surface area contributed by atoms with Crippen LogP contribution in [0.25, 0.3) is 0 Å². The molecule has 0 spiro atoms. The molecule has 1 fully saturated rings. The van der Waals surface area contributed by atoms with Gasteiger partial charge in [0.25, 0.3) is 0 Å². The molecule has 0 amide bonds. The third-order valence-corrected chi connectivity index (χ3v) is 10.2. The molecule has 0 unspecified atom stereocenters. The van der Waals surface area contributed by atoms with Crippen molar-refractivity contribution < 1.29 is 9.53 Å². The average Bonchev–Trinajstić information content (AvgIpc) is 3.08. The van der Waals surface area contributed by atoms with Crippen LogP contribution in [0.5, 0.6) is 0 Å². The molecule has 0 saturated heterocycles. The number of allylic oxidation sites excluding steroid dienone is 6.